The standard InChI is InChI=1S/C51H103NO3/c1-3-5-7-9-11-13-15-16-17-18-19-20-21-22-23-24-25-26-27-28-29-30-31-32-33-34-35-36-37-39-41-43-45-47-51(55)52-49(48-53)50(54)46-44-42-40-38-14-12-10-8-6-4-2/h49-50,53-54H,3-48H2,1-2H3,(H,52,55)/t49-,50+/m0/s1. The summed E-state index contributed by atoms with van der Waals surface area (Å²) in [6, 6.07) is -0.528. The summed E-state index contributed by atoms with van der Waals surface area (Å²) < 4.78 is 0. The van der Waals surface area contributed by atoms with E-state index in [0.29, 0.717) is 12.8 Å². The molecule has 330 valence electrons. The van der Waals surface area contributed by atoms with Gasteiger partial charge in [0.05, 0.1) is 18.8 Å². The van der Waals surface area contributed by atoms with E-state index in [0.717, 1.165) is 25.7 Å². The smallest absolute Gasteiger partial charge is 0.220 e. The summed E-state index contributed by atoms with van der Waals surface area (Å²) in [6.07, 6.45) is 59.5. The van der Waals surface area contributed by atoms with Gasteiger partial charge in [-0.25, -0.2) is 0 Å². The van der Waals surface area contributed by atoms with Gasteiger partial charge >= 0.3 is 0 Å². The molecule has 0 aromatic rings. The van der Waals surface area contributed by atoms with Crippen molar-refractivity contribution in [2.45, 2.75) is 315 Å². The fourth-order valence-corrected chi connectivity index (χ4v) is 8.42. The molecule has 0 saturated carbocycles. The van der Waals surface area contributed by atoms with E-state index >= 15 is 0 Å². The predicted octanol–water partition coefficient (Wildman–Crippen LogP) is 16.4. The van der Waals surface area contributed by atoms with Crippen LogP contribution in [0.1, 0.15) is 303 Å². The van der Waals surface area contributed by atoms with Crippen molar-refractivity contribution in [2.75, 3.05) is 6.61 Å². The average Bonchev–Trinajstić information content (AvgIpc) is 3.19. The number of amides is 1. The molecule has 3 N–H and O–H groups in total. The van der Waals surface area contributed by atoms with E-state index in [9.17, 15) is 15.0 Å². The first kappa shape index (κ1) is 54.4. The van der Waals surface area contributed by atoms with Gasteiger partial charge in [-0.05, 0) is 12.8 Å². The maximum Gasteiger partial charge on any atom is 0.220 e. The fraction of sp³-hybridized carbons (Fsp3) is 0.980. The van der Waals surface area contributed by atoms with Crippen molar-refractivity contribution in [3.63, 3.8) is 0 Å². The Balaban J connectivity index is 3.32. The molecule has 0 aromatic carbocycles. The molecular formula is C51H103NO3. The minimum atomic E-state index is -0.652. The van der Waals surface area contributed by atoms with Gasteiger partial charge in [0.25, 0.3) is 0 Å². The summed E-state index contributed by atoms with van der Waals surface area (Å²) in [5.74, 6) is -0.0260. The van der Waals surface area contributed by atoms with Gasteiger partial charge in [0.2, 0.25) is 5.91 Å². The van der Waals surface area contributed by atoms with Gasteiger partial charge in [-0.2, -0.15) is 0 Å². The Morgan fingerprint density at radius 1 is 0.364 bits per heavy atom. The summed E-state index contributed by atoms with van der Waals surface area (Å²) in [7, 11) is 0. The summed E-state index contributed by atoms with van der Waals surface area (Å²) in [6.45, 7) is 4.37. The first-order valence-corrected chi connectivity index (χ1v) is 25.7. The zero-order valence-corrected chi connectivity index (χ0v) is 38.0. The van der Waals surface area contributed by atoms with Gasteiger partial charge in [0.1, 0.15) is 0 Å². The van der Waals surface area contributed by atoms with Crippen LogP contribution in [0.25, 0.3) is 0 Å². The highest BCUT2D eigenvalue weighted by Gasteiger charge is 2.20. The van der Waals surface area contributed by atoms with Crippen molar-refractivity contribution in [1.29, 1.82) is 0 Å². The van der Waals surface area contributed by atoms with E-state index in [-0.39, 0.29) is 12.5 Å². The summed E-state index contributed by atoms with van der Waals surface area (Å²) in [4.78, 5) is 12.4. The van der Waals surface area contributed by atoms with Crippen molar-refractivity contribution in [2.24, 2.45) is 0 Å². The second-order valence-electron chi connectivity index (χ2n) is 18.0. The summed E-state index contributed by atoms with van der Waals surface area (Å²) in [5, 5.41) is 23.1. The summed E-state index contributed by atoms with van der Waals surface area (Å²) >= 11 is 0. The lowest BCUT2D eigenvalue weighted by atomic mass is 10.0. The number of hydrogen-bond acceptors (Lipinski definition) is 3. The van der Waals surface area contributed by atoms with Gasteiger partial charge in [-0.3, -0.25) is 4.79 Å². The summed E-state index contributed by atoms with van der Waals surface area (Å²) in [5.41, 5.74) is 0. The molecule has 0 aliphatic rings. The number of aliphatic hydroxyl groups excluding tert-OH is 2. The molecule has 2 atom stereocenters. The highest BCUT2D eigenvalue weighted by atomic mass is 16.3. The van der Waals surface area contributed by atoms with E-state index in [1.54, 1.807) is 0 Å². The Bertz CT molecular complexity index is 714. The molecule has 0 heterocycles. The van der Waals surface area contributed by atoms with Crippen LogP contribution in [0, 0.1) is 0 Å². The molecule has 0 fully saturated rings. The molecule has 1 amide bonds. The van der Waals surface area contributed by atoms with Crippen molar-refractivity contribution >= 4 is 5.91 Å². The lowest BCUT2D eigenvalue weighted by Gasteiger charge is -2.22. The Labute approximate surface area is 346 Å². The number of carbonyl (C=O) groups is 1. The molecule has 0 radical (unpaired) electrons. The molecule has 4 nitrogen and oxygen atoms in total. The number of unbranched alkanes of at least 4 members (excludes halogenated alkanes) is 41. The molecular weight excluding hydrogens is 675 g/mol. The average molecular weight is 778 g/mol. The number of rotatable bonds is 48. The minimum Gasteiger partial charge on any atom is -0.394 e. The maximum absolute atomic E-state index is 12.4. The highest BCUT2D eigenvalue weighted by molar-refractivity contribution is 5.76. The van der Waals surface area contributed by atoms with Crippen molar-refractivity contribution in [3.8, 4) is 0 Å². The Hall–Kier alpha value is -0.610. The Morgan fingerprint density at radius 2 is 0.582 bits per heavy atom. The van der Waals surface area contributed by atoms with Gasteiger partial charge in [0.15, 0.2) is 0 Å². The highest BCUT2D eigenvalue weighted by Crippen LogP contribution is 2.18. The van der Waals surface area contributed by atoms with Crippen LogP contribution in [0.4, 0.5) is 0 Å². The van der Waals surface area contributed by atoms with E-state index < -0.39 is 12.1 Å². The maximum atomic E-state index is 12.4. The normalized spacial score (nSPS) is 12.7. The third-order valence-electron chi connectivity index (χ3n) is 12.4. The zero-order chi connectivity index (χ0) is 40.0. The molecule has 0 unspecified atom stereocenters. The lowest BCUT2D eigenvalue weighted by molar-refractivity contribution is -0.123. The van der Waals surface area contributed by atoms with E-state index in [1.165, 1.54) is 250 Å². The van der Waals surface area contributed by atoms with E-state index in [1.807, 2.05) is 0 Å². The SMILES string of the molecule is CCCCCCCCCCCCCCCCCCCCCCCCCCCCCCCCCCCC(=O)N[C@@H](CO)[C@H](O)CCCCCCCCCCCC. The first-order chi connectivity index (χ1) is 27.2. The first-order valence-electron chi connectivity index (χ1n) is 25.7. The van der Waals surface area contributed by atoms with Crippen LogP contribution in [0.15, 0.2) is 0 Å². The molecule has 4 heteroatoms. The third kappa shape index (κ3) is 44.3. The molecule has 0 rings (SSSR count). The van der Waals surface area contributed by atoms with Crippen molar-refractivity contribution in [3.05, 3.63) is 0 Å². The van der Waals surface area contributed by atoms with E-state index in [2.05, 4.69) is 19.2 Å². The van der Waals surface area contributed by atoms with Crippen LogP contribution in [-0.4, -0.2) is 34.9 Å². The molecule has 0 spiro atoms. The monoisotopic (exact) mass is 778 g/mol. The molecule has 0 saturated heterocycles. The topological polar surface area (TPSA) is 69.6 Å². The van der Waals surface area contributed by atoms with Crippen LogP contribution in [0.5, 0.6) is 0 Å². The van der Waals surface area contributed by atoms with Crippen LogP contribution in [-0.2, 0) is 4.79 Å². The van der Waals surface area contributed by atoms with E-state index in [4.69, 9.17) is 0 Å². The second-order valence-corrected chi connectivity index (χ2v) is 18.0. The largest absolute Gasteiger partial charge is 0.394 e. The number of aliphatic hydroxyl groups is 2. The van der Waals surface area contributed by atoms with Gasteiger partial charge in [0, 0.05) is 6.42 Å². The molecule has 0 bridgehead atoms. The third-order valence-corrected chi connectivity index (χ3v) is 12.4. The lowest BCUT2D eigenvalue weighted by Crippen LogP contribution is -2.45. The van der Waals surface area contributed by atoms with Gasteiger partial charge in [-0.15, -0.1) is 0 Å². The van der Waals surface area contributed by atoms with Crippen LogP contribution in [0.3, 0.4) is 0 Å². The number of nitrogens with one attached hydrogen (secondary N) is 1. The van der Waals surface area contributed by atoms with Crippen LogP contribution < -0.4 is 5.32 Å². The second kappa shape index (κ2) is 47.8. The molecule has 0 aromatic heterocycles. The fourth-order valence-electron chi connectivity index (χ4n) is 8.42. The van der Waals surface area contributed by atoms with Crippen LogP contribution in [0.2, 0.25) is 0 Å². The molecule has 55 heavy (non-hydrogen) atoms. The van der Waals surface area contributed by atoms with Crippen molar-refractivity contribution < 1.29 is 15.0 Å². The number of hydrogen-bond donors (Lipinski definition) is 3. The molecule has 0 aliphatic carbocycles. The minimum absolute atomic E-state index is 0.0260. The van der Waals surface area contributed by atoms with Gasteiger partial charge in [-0.1, -0.05) is 284 Å². The Kier molecular flexibility index (Phi) is 47.2. The quantitative estimate of drug-likeness (QED) is 0.0539. The molecule has 0 aliphatic heterocycles. The van der Waals surface area contributed by atoms with Crippen LogP contribution >= 0.6 is 0 Å². The predicted molar refractivity (Wildman–Crippen MR) is 244 cm³/mol. The van der Waals surface area contributed by atoms with Gasteiger partial charge < -0.3 is 15.5 Å². The zero-order valence-electron chi connectivity index (χ0n) is 38.0. The number of carbonyl (C=O) groups excluding carboxylic acids is 1. The Morgan fingerprint density at radius 3 is 0.818 bits per heavy atom. The van der Waals surface area contributed by atoms with Crippen molar-refractivity contribution in [1.82, 2.24) is 5.32 Å².